The van der Waals surface area contributed by atoms with Gasteiger partial charge in [0.05, 0.1) is 24.2 Å². The van der Waals surface area contributed by atoms with Crippen molar-refractivity contribution in [1.82, 2.24) is 0 Å². The number of thioether (sulfide) groups is 1. The third-order valence-electron chi connectivity index (χ3n) is 3.75. The van der Waals surface area contributed by atoms with Gasteiger partial charge in [0.15, 0.2) is 0 Å². The fourth-order valence-electron chi connectivity index (χ4n) is 2.41. The van der Waals surface area contributed by atoms with Crippen molar-refractivity contribution in [3.63, 3.8) is 0 Å². The highest BCUT2D eigenvalue weighted by atomic mass is 32.2. The molecule has 1 aromatic rings. The summed E-state index contributed by atoms with van der Waals surface area (Å²) in [6.45, 7) is 4.49. The molecular formula is C16H22O4S. The van der Waals surface area contributed by atoms with E-state index in [-0.39, 0.29) is 30.2 Å². The van der Waals surface area contributed by atoms with E-state index in [9.17, 15) is 4.79 Å². The Hall–Kier alpha value is -1.04. The van der Waals surface area contributed by atoms with Gasteiger partial charge in [-0.05, 0) is 25.3 Å². The molecule has 1 saturated heterocycles. The number of hydrogen-bond donors (Lipinski definition) is 0. The van der Waals surface area contributed by atoms with Gasteiger partial charge >= 0.3 is 5.97 Å². The fraction of sp³-hybridized carbons (Fsp3) is 0.562. The predicted octanol–water partition coefficient (Wildman–Crippen LogP) is 2.97. The zero-order valence-corrected chi connectivity index (χ0v) is 13.5. The molecule has 1 fully saturated rings. The van der Waals surface area contributed by atoms with Gasteiger partial charge in [-0.3, -0.25) is 0 Å². The van der Waals surface area contributed by atoms with Gasteiger partial charge in [-0.1, -0.05) is 25.1 Å². The normalized spacial score (nSPS) is 28.5. The molecule has 1 heterocycles. The van der Waals surface area contributed by atoms with Crippen molar-refractivity contribution in [3.8, 4) is 0 Å². The van der Waals surface area contributed by atoms with Crippen LogP contribution in [-0.4, -0.2) is 43.1 Å². The van der Waals surface area contributed by atoms with E-state index in [2.05, 4.69) is 0 Å². The number of ether oxygens (including phenoxy) is 3. The standard InChI is InChI=1S/C16H22O4S/c1-11-12(2)19-14(9-18-10-21-3)15(11)20-16(17)13-7-5-4-6-8-13/h4-8,11-12,14-15H,9-10H2,1-3H3/t11?,12-,14+,15-/m0/s1. The molecule has 1 aromatic carbocycles. The van der Waals surface area contributed by atoms with Crippen LogP contribution in [0.1, 0.15) is 24.2 Å². The van der Waals surface area contributed by atoms with Gasteiger partial charge in [0.1, 0.15) is 12.2 Å². The summed E-state index contributed by atoms with van der Waals surface area (Å²) < 4.78 is 17.1. The maximum absolute atomic E-state index is 12.2. The average Bonchev–Trinajstić information content (AvgIpc) is 2.76. The highest BCUT2D eigenvalue weighted by Crippen LogP contribution is 2.30. The molecule has 0 radical (unpaired) electrons. The van der Waals surface area contributed by atoms with E-state index in [1.807, 2.05) is 38.3 Å². The third-order valence-corrected chi connectivity index (χ3v) is 4.15. The number of carbonyl (C=O) groups is 1. The van der Waals surface area contributed by atoms with Gasteiger partial charge < -0.3 is 14.2 Å². The lowest BCUT2D eigenvalue weighted by atomic mass is 9.99. The van der Waals surface area contributed by atoms with E-state index in [0.717, 1.165) is 0 Å². The molecule has 0 aliphatic carbocycles. The van der Waals surface area contributed by atoms with Crippen molar-refractivity contribution in [3.05, 3.63) is 35.9 Å². The first-order valence-corrected chi connectivity index (χ1v) is 8.51. The van der Waals surface area contributed by atoms with E-state index in [1.54, 1.807) is 23.9 Å². The predicted molar refractivity (Wildman–Crippen MR) is 83.5 cm³/mol. The van der Waals surface area contributed by atoms with Crippen LogP contribution in [0.15, 0.2) is 30.3 Å². The minimum atomic E-state index is -0.306. The van der Waals surface area contributed by atoms with Crippen LogP contribution in [0.4, 0.5) is 0 Å². The molecular weight excluding hydrogens is 288 g/mol. The summed E-state index contributed by atoms with van der Waals surface area (Å²) in [7, 11) is 0. The largest absolute Gasteiger partial charge is 0.456 e. The summed E-state index contributed by atoms with van der Waals surface area (Å²) >= 11 is 1.61. The highest BCUT2D eigenvalue weighted by molar-refractivity contribution is 7.98. The van der Waals surface area contributed by atoms with Gasteiger partial charge in [-0.15, -0.1) is 11.8 Å². The second-order valence-corrected chi connectivity index (χ2v) is 6.07. The van der Waals surface area contributed by atoms with Crippen molar-refractivity contribution in [1.29, 1.82) is 0 Å². The summed E-state index contributed by atoms with van der Waals surface area (Å²) in [5.41, 5.74) is 0.563. The molecule has 21 heavy (non-hydrogen) atoms. The smallest absolute Gasteiger partial charge is 0.338 e. The second kappa shape index (κ2) is 7.82. The monoisotopic (exact) mass is 310 g/mol. The van der Waals surface area contributed by atoms with E-state index in [0.29, 0.717) is 18.1 Å². The van der Waals surface area contributed by atoms with Crippen LogP contribution in [0.2, 0.25) is 0 Å². The lowest BCUT2D eigenvalue weighted by molar-refractivity contribution is -0.0426. The third kappa shape index (κ3) is 4.22. The molecule has 4 nitrogen and oxygen atoms in total. The maximum Gasteiger partial charge on any atom is 0.338 e. The molecule has 1 aliphatic heterocycles. The van der Waals surface area contributed by atoms with E-state index >= 15 is 0 Å². The summed E-state index contributed by atoms with van der Waals surface area (Å²) in [4.78, 5) is 12.2. The number of hydrogen-bond acceptors (Lipinski definition) is 5. The van der Waals surface area contributed by atoms with E-state index < -0.39 is 0 Å². The van der Waals surface area contributed by atoms with Crippen molar-refractivity contribution < 1.29 is 19.0 Å². The van der Waals surface area contributed by atoms with Crippen molar-refractivity contribution >= 4 is 17.7 Å². The number of esters is 1. The number of rotatable bonds is 6. The second-order valence-electron chi connectivity index (χ2n) is 5.25. The van der Waals surface area contributed by atoms with E-state index in [4.69, 9.17) is 14.2 Å². The summed E-state index contributed by atoms with van der Waals surface area (Å²) in [6, 6.07) is 9.04. The van der Waals surface area contributed by atoms with Crippen LogP contribution in [0.3, 0.4) is 0 Å². The molecule has 0 saturated carbocycles. The lowest BCUT2D eigenvalue weighted by Crippen LogP contribution is -2.34. The van der Waals surface area contributed by atoms with Gasteiger partial charge in [-0.25, -0.2) is 4.79 Å². The SMILES string of the molecule is CSCOC[C@H]1O[C@@H](C)C(C)[C@@H]1OC(=O)c1ccccc1. The first kappa shape index (κ1) is 16.3. The fourth-order valence-corrected chi connectivity index (χ4v) is 2.68. The molecule has 116 valence electrons. The van der Waals surface area contributed by atoms with Gasteiger partial charge in [-0.2, -0.15) is 0 Å². The van der Waals surface area contributed by atoms with Crippen LogP contribution in [0.5, 0.6) is 0 Å². The van der Waals surface area contributed by atoms with Crippen LogP contribution in [0.25, 0.3) is 0 Å². The van der Waals surface area contributed by atoms with Gasteiger partial charge in [0.2, 0.25) is 0 Å². The Balaban J connectivity index is 1.99. The minimum absolute atomic E-state index is 0.0569. The molecule has 4 atom stereocenters. The highest BCUT2D eigenvalue weighted by Gasteiger charge is 2.42. The summed E-state index contributed by atoms with van der Waals surface area (Å²) in [6.07, 6.45) is 1.57. The zero-order valence-electron chi connectivity index (χ0n) is 12.7. The Morgan fingerprint density at radius 3 is 2.67 bits per heavy atom. The Labute approximate surface area is 130 Å². The molecule has 0 bridgehead atoms. The van der Waals surface area contributed by atoms with Crippen molar-refractivity contribution in [2.45, 2.75) is 32.2 Å². The molecule has 0 aromatic heterocycles. The van der Waals surface area contributed by atoms with Crippen LogP contribution in [-0.2, 0) is 14.2 Å². The molecule has 0 spiro atoms. The molecule has 0 N–H and O–H groups in total. The Kier molecular flexibility index (Phi) is 6.08. The maximum atomic E-state index is 12.2. The van der Waals surface area contributed by atoms with Crippen molar-refractivity contribution in [2.24, 2.45) is 5.92 Å². The molecule has 1 unspecified atom stereocenters. The Morgan fingerprint density at radius 1 is 1.29 bits per heavy atom. The molecule has 0 amide bonds. The molecule has 1 aliphatic rings. The van der Waals surface area contributed by atoms with Crippen LogP contribution < -0.4 is 0 Å². The lowest BCUT2D eigenvalue weighted by Gasteiger charge is -2.21. The first-order valence-electron chi connectivity index (χ1n) is 7.11. The summed E-state index contributed by atoms with van der Waals surface area (Å²) in [5.74, 6) is 0.461. The summed E-state index contributed by atoms with van der Waals surface area (Å²) in [5, 5.41) is 0. The number of carbonyl (C=O) groups excluding carboxylic acids is 1. The van der Waals surface area contributed by atoms with Gasteiger partial charge in [0, 0.05) is 5.92 Å². The van der Waals surface area contributed by atoms with Crippen LogP contribution >= 0.6 is 11.8 Å². The van der Waals surface area contributed by atoms with Crippen molar-refractivity contribution in [2.75, 3.05) is 18.8 Å². The quantitative estimate of drug-likeness (QED) is 0.459. The molecule has 2 rings (SSSR count). The topological polar surface area (TPSA) is 44.8 Å². The molecule has 5 heteroatoms. The number of benzene rings is 1. The minimum Gasteiger partial charge on any atom is -0.456 e. The zero-order chi connectivity index (χ0) is 15.2. The average molecular weight is 310 g/mol. The first-order chi connectivity index (χ1) is 10.1. The van der Waals surface area contributed by atoms with Crippen LogP contribution in [0, 0.1) is 5.92 Å². The van der Waals surface area contributed by atoms with Gasteiger partial charge in [0.25, 0.3) is 0 Å². The Morgan fingerprint density at radius 2 is 2.00 bits per heavy atom. The van der Waals surface area contributed by atoms with E-state index in [1.165, 1.54) is 0 Å². The Bertz CT molecular complexity index is 451.